The number of hydrogen-bond donors (Lipinski definition) is 0. The van der Waals surface area contributed by atoms with Crippen molar-refractivity contribution in [3.63, 3.8) is 0 Å². The number of nitrogens with zero attached hydrogens (tertiary/aromatic N) is 1. The minimum absolute atomic E-state index is 0.537. The zero-order valence-electron chi connectivity index (χ0n) is 10.3. The Morgan fingerprint density at radius 2 is 1.68 bits per heavy atom. The largest absolute Gasteiger partial charge is 0.488 e. The molecule has 0 saturated heterocycles. The number of hydrogen-bond acceptors (Lipinski definition) is 3. The molecule has 3 rings (SSSR count). The predicted octanol–water partition coefficient (Wildman–Crippen LogP) is 3.92. The van der Waals surface area contributed by atoms with E-state index < -0.39 is 0 Å². The summed E-state index contributed by atoms with van der Waals surface area (Å²) in [7, 11) is 0. The molecule has 3 aromatic rings. The number of ether oxygens (including phenoxy) is 1. The van der Waals surface area contributed by atoms with Crippen LogP contribution in [0.3, 0.4) is 0 Å². The Balaban J connectivity index is 1.82. The van der Waals surface area contributed by atoms with Crippen LogP contribution in [0.2, 0.25) is 0 Å². The van der Waals surface area contributed by atoms with Crippen molar-refractivity contribution in [1.29, 1.82) is 0 Å². The maximum Gasteiger partial charge on any atom is 0.129 e. The van der Waals surface area contributed by atoms with Crippen molar-refractivity contribution >= 4 is 0 Å². The van der Waals surface area contributed by atoms with Crippen LogP contribution in [0.5, 0.6) is 5.75 Å². The molecule has 0 fully saturated rings. The fourth-order valence-electron chi connectivity index (χ4n) is 1.89. The van der Waals surface area contributed by atoms with Gasteiger partial charge in [-0.15, -0.1) is 0 Å². The van der Waals surface area contributed by atoms with Gasteiger partial charge in [-0.05, 0) is 17.7 Å². The third-order valence-electron chi connectivity index (χ3n) is 2.84. The monoisotopic (exact) mass is 251 g/mol. The Kier molecular flexibility index (Phi) is 3.28. The maximum absolute atomic E-state index is 5.87. The molecule has 0 aliphatic carbocycles. The number of rotatable bonds is 4. The third kappa shape index (κ3) is 2.65. The quantitative estimate of drug-likeness (QED) is 0.705. The van der Waals surface area contributed by atoms with E-state index in [2.05, 4.69) is 5.16 Å². The fourth-order valence-corrected chi connectivity index (χ4v) is 1.89. The first-order valence-electron chi connectivity index (χ1n) is 6.10. The summed E-state index contributed by atoms with van der Waals surface area (Å²) < 4.78 is 10.7. The maximum atomic E-state index is 5.87. The van der Waals surface area contributed by atoms with Crippen LogP contribution in [0.15, 0.2) is 71.4 Å². The van der Waals surface area contributed by atoms with E-state index in [9.17, 15) is 0 Å². The Morgan fingerprint density at radius 1 is 0.895 bits per heavy atom. The average molecular weight is 251 g/mol. The van der Waals surface area contributed by atoms with E-state index in [1.165, 1.54) is 0 Å². The normalized spacial score (nSPS) is 10.3. The van der Waals surface area contributed by atoms with Gasteiger partial charge in [0.05, 0.1) is 0 Å². The highest BCUT2D eigenvalue weighted by molar-refractivity contribution is 5.66. The summed E-state index contributed by atoms with van der Waals surface area (Å²) >= 11 is 0. The SMILES string of the molecule is c1ccc(COc2ccccc2-c2ccon2)cc1. The Morgan fingerprint density at radius 3 is 2.47 bits per heavy atom. The van der Waals surface area contributed by atoms with Gasteiger partial charge in [-0.3, -0.25) is 0 Å². The second-order valence-corrected chi connectivity index (χ2v) is 4.16. The van der Waals surface area contributed by atoms with Crippen molar-refractivity contribution in [2.45, 2.75) is 6.61 Å². The molecule has 2 aromatic carbocycles. The summed E-state index contributed by atoms with van der Waals surface area (Å²) in [5.74, 6) is 0.806. The standard InChI is InChI=1S/C16H13NO2/c1-2-6-13(7-3-1)12-18-16-9-5-4-8-14(16)15-10-11-19-17-15/h1-11H,12H2. The summed E-state index contributed by atoms with van der Waals surface area (Å²) in [4.78, 5) is 0. The molecule has 0 N–H and O–H groups in total. The van der Waals surface area contributed by atoms with Gasteiger partial charge in [0, 0.05) is 11.6 Å². The highest BCUT2D eigenvalue weighted by Gasteiger charge is 2.08. The second-order valence-electron chi connectivity index (χ2n) is 4.16. The molecule has 0 saturated carbocycles. The Bertz CT molecular complexity index is 633. The average Bonchev–Trinajstić information content (AvgIpc) is 3.01. The van der Waals surface area contributed by atoms with E-state index in [-0.39, 0.29) is 0 Å². The molecule has 94 valence electrons. The van der Waals surface area contributed by atoms with Crippen molar-refractivity contribution in [2.24, 2.45) is 0 Å². The van der Waals surface area contributed by atoms with Crippen LogP contribution in [0.1, 0.15) is 5.56 Å². The van der Waals surface area contributed by atoms with Crippen molar-refractivity contribution in [1.82, 2.24) is 5.16 Å². The summed E-state index contributed by atoms with van der Waals surface area (Å²) in [5.41, 5.74) is 2.85. The van der Waals surface area contributed by atoms with Crippen LogP contribution in [0, 0.1) is 0 Å². The van der Waals surface area contributed by atoms with Crippen molar-refractivity contribution in [2.75, 3.05) is 0 Å². The number of benzene rings is 2. The van der Waals surface area contributed by atoms with Crippen LogP contribution in [0.4, 0.5) is 0 Å². The van der Waals surface area contributed by atoms with Gasteiger partial charge in [-0.2, -0.15) is 0 Å². The molecule has 0 aliphatic heterocycles. The Labute approximate surface area is 111 Å². The first kappa shape index (κ1) is 11.5. The second kappa shape index (κ2) is 5.40. The molecule has 0 aliphatic rings. The molecule has 1 heterocycles. The van der Waals surface area contributed by atoms with Gasteiger partial charge in [0.1, 0.15) is 24.3 Å². The lowest BCUT2D eigenvalue weighted by Gasteiger charge is -2.09. The first-order chi connectivity index (χ1) is 9.43. The van der Waals surface area contributed by atoms with Crippen molar-refractivity contribution in [3.8, 4) is 17.0 Å². The minimum Gasteiger partial charge on any atom is -0.488 e. The fraction of sp³-hybridized carbons (Fsp3) is 0.0625. The molecular formula is C16H13NO2. The predicted molar refractivity (Wildman–Crippen MR) is 72.7 cm³/mol. The molecule has 3 nitrogen and oxygen atoms in total. The van der Waals surface area contributed by atoms with E-state index in [1.54, 1.807) is 6.26 Å². The molecule has 0 unspecified atom stereocenters. The highest BCUT2D eigenvalue weighted by atomic mass is 16.5. The number of para-hydroxylation sites is 1. The first-order valence-corrected chi connectivity index (χ1v) is 6.10. The molecule has 1 aromatic heterocycles. The molecule has 0 amide bonds. The topological polar surface area (TPSA) is 35.3 Å². The van der Waals surface area contributed by atoms with E-state index in [0.29, 0.717) is 6.61 Å². The van der Waals surface area contributed by atoms with Gasteiger partial charge in [-0.1, -0.05) is 47.6 Å². The van der Waals surface area contributed by atoms with Crippen LogP contribution < -0.4 is 4.74 Å². The van der Waals surface area contributed by atoms with Crippen molar-refractivity contribution < 1.29 is 9.26 Å². The van der Waals surface area contributed by atoms with Crippen LogP contribution in [0.25, 0.3) is 11.3 Å². The van der Waals surface area contributed by atoms with Crippen LogP contribution >= 0.6 is 0 Å². The molecule has 0 bridgehead atoms. The van der Waals surface area contributed by atoms with Gasteiger partial charge in [0.2, 0.25) is 0 Å². The molecule has 0 radical (unpaired) electrons. The lowest BCUT2D eigenvalue weighted by atomic mass is 10.1. The molecule has 0 spiro atoms. The lowest BCUT2D eigenvalue weighted by Crippen LogP contribution is -1.96. The minimum atomic E-state index is 0.537. The highest BCUT2D eigenvalue weighted by Crippen LogP contribution is 2.28. The van der Waals surface area contributed by atoms with Gasteiger partial charge in [0.25, 0.3) is 0 Å². The zero-order valence-corrected chi connectivity index (χ0v) is 10.3. The van der Waals surface area contributed by atoms with E-state index >= 15 is 0 Å². The van der Waals surface area contributed by atoms with Gasteiger partial charge in [0.15, 0.2) is 0 Å². The van der Waals surface area contributed by atoms with Crippen LogP contribution in [-0.2, 0) is 6.61 Å². The molecule has 19 heavy (non-hydrogen) atoms. The van der Waals surface area contributed by atoms with Gasteiger partial charge in [-0.25, -0.2) is 0 Å². The zero-order chi connectivity index (χ0) is 12.9. The molecule has 3 heteroatoms. The van der Waals surface area contributed by atoms with E-state index in [1.807, 2.05) is 60.7 Å². The third-order valence-corrected chi connectivity index (χ3v) is 2.84. The summed E-state index contributed by atoms with van der Waals surface area (Å²) in [5, 5.41) is 3.95. The van der Waals surface area contributed by atoms with Gasteiger partial charge >= 0.3 is 0 Å². The van der Waals surface area contributed by atoms with Gasteiger partial charge < -0.3 is 9.26 Å². The van der Waals surface area contributed by atoms with E-state index in [4.69, 9.17) is 9.26 Å². The molecular weight excluding hydrogens is 238 g/mol. The lowest BCUT2D eigenvalue weighted by molar-refractivity contribution is 0.307. The Hall–Kier alpha value is -2.55. The molecule has 0 atom stereocenters. The summed E-state index contributed by atoms with van der Waals surface area (Å²) in [6.07, 6.45) is 1.56. The van der Waals surface area contributed by atoms with Crippen molar-refractivity contribution in [3.05, 3.63) is 72.5 Å². The number of aromatic nitrogens is 1. The smallest absolute Gasteiger partial charge is 0.129 e. The summed E-state index contributed by atoms with van der Waals surface area (Å²) in [6, 6.07) is 19.7. The van der Waals surface area contributed by atoms with E-state index in [0.717, 1.165) is 22.6 Å². The summed E-state index contributed by atoms with van der Waals surface area (Å²) in [6.45, 7) is 0.537. The van der Waals surface area contributed by atoms with Crippen LogP contribution in [-0.4, -0.2) is 5.16 Å².